The molecule has 27 heavy (non-hydrogen) atoms. The molecule has 0 bridgehead atoms. The molecule has 1 fully saturated rings. The second-order valence-corrected chi connectivity index (χ2v) is 6.83. The fourth-order valence-electron chi connectivity index (χ4n) is 3.27. The molecule has 4 N–H and O–H groups in total. The molecule has 2 amide bonds. The van der Waals surface area contributed by atoms with Crippen LogP contribution in [0.4, 0.5) is 0 Å². The number of likely N-dealkylation sites (tertiary alicyclic amines) is 1. The van der Waals surface area contributed by atoms with Crippen molar-refractivity contribution < 1.29 is 9.59 Å². The topological polar surface area (TPSA) is 99.3 Å². The van der Waals surface area contributed by atoms with E-state index in [1.165, 1.54) is 0 Å². The molecule has 2 aromatic carbocycles. The quantitative estimate of drug-likeness (QED) is 0.561. The first kappa shape index (κ1) is 18.6. The van der Waals surface area contributed by atoms with E-state index in [0.29, 0.717) is 23.2 Å². The van der Waals surface area contributed by atoms with Crippen molar-refractivity contribution in [2.45, 2.75) is 26.3 Å². The maximum absolute atomic E-state index is 12.5. The van der Waals surface area contributed by atoms with Crippen molar-refractivity contribution in [2.24, 2.45) is 5.73 Å². The van der Waals surface area contributed by atoms with Crippen LogP contribution < -0.4 is 11.1 Å². The number of benzene rings is 2. The molecule has 0 spiro atoms. The zero-order valence-corrected chi connectivity index (χ0v) is 15.4. The van der Waals surface area contributed by atoms with E-state index in [1.54, 1.807) is 36.4 Å². The predicted octanol–water partition coefficient (Wildman–Crippen LogP) is 2.45. The maximum atomic E-state index is 12.5. The summed E-state index contributed by atoms with van der Waals surface area (Å²) in [7, 11) is 0. The zero-order chi connectivity index (χ0) is 19.4. The molecule has 0 atom stereocenters. The molecule has 140 valence electrons. The second-order valence-electron chi connectivity index (χ2n) is 6.83. The molecular weight excluding hydrogens is 340 g/mol. The van der Waals surface area contributed by atoms with Gasteiger partial charge in [-0.3, -0.25) is 15.0 Å². The number of amidine groups is 1. The van der Waals surface area contributed by atoms with Gasteiger partial charge in [0.25, 0.3) is 11.8 Å². The van der Waals surface area contributed by atoms with E-state index in [0.717, 1.165) is 37.1 Å². The Morgan fingerprint density at radius 2 is 1.85 bits per heavy atom. The first-order chi connectivity index (χ1) is 13.0. The minimum absolute atomic E-state index is 0.00272. The Morgan fingerprint density at radius 3 is 2.52 bits per heavy atom. The Kier molecular flexibility index (Phi) is 5.54. The van der Waals surface area contributed by atoms with Gasteiger partial charge in [-0.1, -0.05) is 18.2 Å². The number of carbonyl (C=O) groups is 2. The van der Waals surface area contributed by atoms with Crippen molar-refractivity contribution in [1.82, 2.24) is 10.2 Å². The highest BCUT2D eigenvalue weighted by Crippen LogP contribution is 2.17. The Morgan fingerprint density at radius 1 is 1.11 bits per heavy atom. The van der Waals surface area contributed by atoms with Crippen molar-refractivity contribution in [1.29, 1.82) is 5.41 Å². The van der Waals surface area contributed by atoms with Gasteiger partial charge < -0.3 is 16.0 Å². The third-order valence-corrected chi connectivity index (χ3v) is 4.80. The van der Waals surface area contributed by atoms with Crippen LogP contribution >= 0.6 is 0 Å². The number of nitrogen functional groups attached to an aromatic ring is 1. The predicted molar refractivity (Wildman–Crippen MR) is 105 cm³/mol. The van der Waals surface area contributed by atoms with Crippen LogP contribution in [0.15, 0.2) is 42.5 Å². The van der Waals surface area contributed by atoms with E-state index in [2.05, 4.69) is 5.32 Å². The van der Waals surface area contributed by atoms with Crippen LogP contribution in [0.1, 0.15) is 50.2 Å². The molecule has 0 saturated carbocycles. The van der Waals surface area contributed by atoms with Crippen LogP contribution in [0.2, 0.25) is 0 Å². The number of nitrogens with zero attached hydrogens (tertiary/aromatic N) is 1. The summed E-state index contributed by atoms with van der Waals surface area (Å²) in [5.74, 6) is -0.165. The molecule has 1 heterocycles. The number of hydrogen-bond acceptors (Lipinski definition) is 3. The summed E-state index contributed by atoms with van der Waals surface area (Å²) >= 11 is 0. The molecule has 0 radical (unpaired) electrons. The Balaban J connectivity index is 1.66. The van der Waals surface area contributed by atoms with Gasteiger partial charge >= 0.3 is 0 Å². The maximum Gasteiger partial charge on any atom is 0.254 e. The molecule has 1 saturated heterocycles. The van der Waals surface area contributed by atoms with E-state index < -0.39 is 0 Å². The molecule has 6 nitrogen and oxygen atoms in total. The molecule has 0 unspecified atom stereocenters. The zero-order valence-electron chi connectivity index (χ0n) is 15.4. The summed E-state index contributed by atoms with van der Waals surface area (Å²) in [6.45, 7) is 3.81. The van der Waals surface area contributed by atoms with Crippen molar-refractivity contribution in [3.05, 3.63) is 70.3 Å². The summed E-state index contributed by atoms with van der Waals surface area (Å²) in [6.07, 6.45) is 2.10. The molecule has 0 aromatic heterocycles. The average Bonchev–Trinajstić information content (AvgIpc) is 3.20. The monoisotopic (exact) mass is 364 g/mol. The van der Waals surface area contributed by atoms with E-state index in [-0.39, 0.29) is 17.6 Å². The van der Waals surface area contributed by atoms with E-state index in [1.807, 2.05) is 17.9 Å². The summed E-state index contributed by atoms with van der Waals surface area (Å²) in [6, 6.07) is 12.4. The van der Waals surface area contributed by atoms with Gasteiger partial charge in [-0.25, -0.2) is 0 Å². The van der Waals surface area contributed by atoms with E-state index in [4.69, 9.17) is 11.1 Å². The number of rotatable bonds is 5. The van der Waals surface area contributed by atoms with Crippen LogP contribution in [0.25, 0.3) is 0 Å². The van der Waals surface area contributed by atoms with Crippen LogP contribution in [-0.2, 0) is 6.54 Å². The highest BCUT2D eigenvalue weighted by atomic mass is 16.2. The van der Waals surface area contributed by atoms with Crippen LogP contribution in [0.5, 0.6) is 0 Å². The van der Waals surface area contributed by atoms with Gasteiger partial charge in [-0.15, -0.1) is 0 Å². The van der Waals surface area contributed by atoms with Gasteiger partial charge in [-0.2, -0.15) is 0 Å². The smallest absolute Gasteiger partial charge is 0.254 e. The third-order valence-electron chi connectivity index (χ3n) is 4.80. The molecule has 2 aromatic rings. The minimum Gasteiger partial charge on any atom is -0.384 e. The van der Waals surface area contributed by atoms with Gasteiger partial charge in [0.2, 0.25) is 0 Å². The van der Waals surface area contributed by atoms with Gasteiger partial charge in [0.1, 0.15) is 5.84 Å². The van der Waals surface area contributed by atoms with Crippen LogP contribution in [0.3, 0.4) is 0 Å². The van der Waals surface area contributed by atoms with Gasteiger partial charge in [0.05, 0.1) is 0 Å². The average molecular weight is 364 g/mol. The second kappa shape index (κ2) is 8.03. The highest BCUT2D eigenvalue weighted by molar-refractivity contribution is 5.99. The lowest BCUT2D eigenvalue weighted by Gasteiger charge is -2.17. The fourth-order valence-corrected chi connectivity index (χ4v) is 3.27. The lowest BCUT2D eigenvalue weighted by atomic mass is 10.0. The summed E-state index contributed by atoms with van der Waals surface area (Å²) in [5.41, 5.74) is 8.97. The lowest BCUT2D eigenvalue weighted by Crippen LogP contribution is -2.28. The van der Waals surface area contributed by atoms with E-state index >= 15 is 0 Å². The molecule has 0 aliphatic carbocycles. The molecule has 1 aliphatic rings. The largest absolute Gasteiger partial charge is 0.384 e. The molecule has 6 heteroatoms. The van der Waals surface area contributed by atoms with Crippen LogP contribution in [-0.4, -0.2) is 35.6 Å². The molecule has 1 aliphatic heterocycles. The third kappa shape index (κ3) is 4.34. The Bertz CT molecular complexity index is 886. The van der Waals surface area contributed by atoms with Gasteiger partial charge in [0, 0.05) is 36.3 Å². The summed E-state index contributed by atoms with van der Waals surface area (Å²) < 4.78 is 0. The van der Waals surface area contributed by atoms with Crippen molar-refractivity contribution in [2.75, 3.05) is 13.1 Å². The van der Waals surface area contributed by atoms with Gasteiger partial charge in [-0.05, 0) is 55.2 Å². The van der Waals surface area contributed by atoms with Crippen molar-refractivity contribution in [3.63, 3.8) is 0 Å². The summed E-state index contributed by atoms with van der Waals surface area (Å²) in [4.78, 5) is 26.9. The number of hydrogen-bond donors (Lipinski definition) is 3. The van der Waals surface area contributed by atoms with Gasteiger partial charge in [0.15, 0.2) is 0 Å². The highest BCUT2D eigenvalue weighted by Gasteiger charge is 2.21. The number of nitrogens with two attached hydrogens (primary N) is 1. The molecule has 3 rings (SSSR count). The first-order valence-electron chi connectivity index (χ1n) is 9.07. The minimum atomic E-state index is -0.202. The lowest BCUT2D eigenvalue weighted by molar-refractivity contribution is 0.0791. The number of aryl methyl sites for hydroxylation is 1. The SMILES string of the molecule is Cc1cc(C(=O)NCc2cccc(C(=N)N)c2)ccc1C(=O)N1CCCC1. The number of carbonyl (C=O) groups excluding carboxylic acids is 2. The number of nitrogens with one attached hydrogen (secondary N) is 2. The fraction of sp³-hybridized carbons (Fsp3) is 0.286. The van der Waals surface area contributed by atoms with Crippen molar-refractivity contribution >= 4 is 17.6 Å². The summed E-state index contributed by atoms with van der Waals surface area (Å²) in [5, 5.41) is 10.3. The Hall–Kier alpha value is -3.15. The van der Waals surface area contributed by atoms with Crippen molar-refractivity contribution in [3.8, 4) is 0 Å². The first-order valence-corrected chi connectivity index (χ1v) is 9.07. The standard InChI is InChI=1S/C21H24N4O2/c1-14-11-17(7-8-18(14)21(27)25-9-2-3-10-25)20(26)24-13-15-5-4-6-16(12-15)19(22)23/h4-8,11-12H,2-3,9-10,13H2,1H3,(H3,22,23)(H,24,26). The normalized spacial score (nSPS) is 13.4. The van der Waals surface area contributed by atoms with E-state index in [9.17, 15) is 9.59 Å². The Labute approximate surface area is 158 Å². The molecular formula is C21H24N4O2. The number of amides is 2. The van der Waals surface area contributed by atoms with Crippen LogP contribution in [0, 0.1) is 12.3 Å².